The number of hydrogen-bond donors (Lipinski definition) is 1. The van der Waals surface area contributed by atoms with Gasteiger partial charge in [0.25, 0.3) is 5.91 Å². The molecule has 0 saturated carbocycles. The number of nitrogens with two attached hydrogens (primary N) is 1. The molecule has 1 fully saturated rings. The number of ether oxygens (including phenoxy) is 1. The SMILES string of the molecule is CN1CCCC1COc1ccc(C#N)cc1C(N)=O. The standard InChI is InChI=1S/C14H17N3O2/c1-17-6-2-3-11(17)9-19-13-5-4-10(8-15)7-12(13)14(16)18/h4-5,7,11H,2-3,6,9H2,1H3,(H2,16,18). The van der Waals surface area contributed by atoms with Crippen LogP contribution in [0, 0.1) is 11.3 Å². The van der Waals surface area contributed by atoms with Crippen molar-refractivity contribution in [1.29, 1.82) is 5.26 Å². The Kier molecular flexibility index (Phi) is 4.03. The Morgan fingerprint density at radius 1 is 1.63 bits per heavy atom. The first-order valence-corrected chi connectivity index (χ1v) is 6.29. The van der Waals surface area contributed by atoms with Gasteiger partial charge in [-0.3, -0.25) is 4.79 Å². The third kappa shape index (κ3) is 3.04. The Labute approximate surface area is 112 Å². The van der Waals surface area contributed by atoms with Gasteiger partial charge in [0.15, 0.2) is 0 Å². The summed E-state index contributed by atoms with van der Waals surface area (Å²) in [7, 11) is 2.06. The lowest BCUT2D eigenvalue weighted by Gasteiger charge is -2.20. The number of benzene rings is 1. The third-order valence-corrected chi connectivity index (χ3v) is 3.48. The van der Waals surface area contributed by atoms with Crippen LogP contribution in [0.4, 0.5) is 0 Å². The molecule has 1 heterocycles. The van der Waals surface area contributed by atoms with Crippen molar-refractivity contribution >= 4 is 5.91 Å². The van der Waals surface area contributed by atoms with Gasteiger partial charge in [-0.2, -0.15) is 5.26 Å². The van der Waals surface area contributed by atoms with Crippen molar-refractivity contribution in [2.45, 2.75) is 18.9 Å². The van der Waals surface area contributed by atoms with E-state index in [4.69, 9.17) is 15.7 Å². The van der Waals surface area contributed by atoms with Crippen molar-refractivity contribution in [2.75, 3.05) is 20.2 Å². The van der Waals surface area contributed by atoms with Crippen LogP contribution < -0.4 is 10.5 Å². The third-order valence-electron chi connectivity index (χ3n) is 3.48. The zero-order chi connectivity index (χ0) is 13.8. The van der Waals surface area contributed by atoms with Gasteiger partial charge in [-0.05, 0) is 44.6 Å². The van der Waals surface area contributed by atoms with E-state index in [1.165, 1.54) is 12.5 Å². The first-order chi connectivity index (χ1) is 9.11. The summed E-state index contributed by atoms with van der Waals surface area (Å²) in [4.78, 5) is 13.6. The monoisotopic (exact) mass is 259 g/mol. The lowest BCUT2D eigenvalue weighted by Crippen LogP contribution is -2.31. The van der Waals surface area contributed by atoms with Crippen LogP contribution in [0.2, 0.25) is 0 Å². The van der Waals surface area contributed by atoms with Gasteiger partial charge in [0.2, 0.25) is 0 Å². The predicted octanol–water partition coefficient (Wildman–Crippen LogP) is 1.13. The fourth-order valence-electron chi connectivity index (χ4n) is 2.29. The van der Waals surface area contributed by atoms with Crippen LogP contribution in [0.25, 0.3) is 0 Å². The maximum Gasteiger partial charge on any atom is 0.252 e. The second-order valence-electron chi connectivity index (χ2n) is 4.77. The molecule has 1 unspecified atom stereocenters. The molecule has 0 aliphatic carbocycles. The second kappa shape index (κ2) is 5.72. The molecule has 1 aliphatic rings. The van der Waals surface area contributed by atoms with Crippen LogP contribution >= 0.6 is 0 Å². The number of likely N-dealkylation sites (N-methyl/N-ethyl adjacent to an activating group) is 1. The minimum atomic E-state index is -0.577. The van der Waals surface area contributed by atoms with Crippen LogP contribution in [-0.2, 0) is 0 Å². The van der Waals surface area contributed by atoms with E-state index >= 15 is 0 Å². The number of primary amides is 1. The van der Waals surface area contributed by atoms with Crippen molar-refractivity contribution in [3.05, 3.63) is 29.3 Å². The van der Waals surface area contributed by atoms with Crippen LogP contribution in [0.15, 0.2) is 18.2 Å². The molecule has 1 amide bonds. The van der Waals surface area contributed by atoms with Crippen LogP contribution in [0.1, 0.15) is 28.8 Å². The molecule has 0 spiro atoms. The largest absolute Gasteiger partial charge is 0.491 e. The van der Waals surface area contributed by atoms with E-state index in [9.17, 15) is 4.79 Å². The molecule has 2 N–H and O–H groups in total. The zero-order valence-corrected chi connectivity index (χ0v) is 10.9. The molecule has 5 nitrogen and oxygen atoms in total. The van der Waals surface area contributed by atoms with E-state index in [0.717, 1.165) is 13.0 Å². The average molecular weight is 259 g/mol. The summed E-state index contributed by atoms with van der Waals surface area (Å²) in [5.74, 6) is -0.126. The number of rotatable bonds is 4. The van der Waals surface area contributed by atoms with E-state index in [1.807, 2.05) is 6.07 Å². The van der Waals surface area contributed by atoms with Gasteiger partial charge in [0.1, 0.15) is 12.4 Å². The van der Waals surface area contributed by atoms with Gasteiger partial charge in [0, 0.05) is 6.04 Å². The molecular formula is C14H17N3O2. The summed E-state index contributed by atoms with van der Waals surface area (Å²) in [6, 6.07) is 7.08. The summed E-state index contributed by atoms with van der Waals surface area (Å²) >= 11 is 0. The molecule has 2 rings (SSSR count). The topological polar surface area (TPSA) is 79.3 Å². The highest BCUT2D eigenvalue weighted by atomic mass is 16.5. The Bertz CT molecular complexity index is 522. The predicted molar refractivity (Wildman–Crippen MR) is 70.8 cm³/mol. The lowest BCUT2D eigenvalue weighted by molar-refractivity contribution is 0.0994. The Morgan fingerprint density at radius 2 is 2.42 bits per heavy atom. The molecule has 1 aromatic rings. The Morgan fingerprint density at radius 3 is 3.00 bits per heavy atom. The fraction of sp³-hybridized carbons (Fsp3) is 0.429. The maximum atomic E-state index is 11.4. The number of likely N-dealkylation sites (tertiary alicyclic amines) is 1. The number of nitriles is 1. The normalized spacial score (nSPS) is 19.1. The highest BCUT2D eigenvalue weighted by Crippen LogP contribution is 2.22. The summed E-state index contributed by atoms with van der Waals surface area (Å²) in [5, 5.41) is 8.82. The van der Waals surface area contributed by atoms with Crippen molar-refractivity contribution < 1.29 is 9.53 Å². The molecule has 0 bridgehead atoms. The second-order valence-corrected chi connectivity index (χ2v) is 4.77. The maximum absolute atomic E-state index is 11.4. The number of nitrogens with zero attached hydrogens (tertiary/aromatic N) is 2. The molecular weight excluding hydrogens is 242 g/mol. The first-order valence-electron chi connectivity index (χ1n) is 6.29. The molecule has 1 aliphatic heterocycles. The summed E-state index contributed by atoms with van der Waals surface area (Å²) in [6.07, 6.45) is 2.26. The average Bonchev–Trinajstić information content (AvgIpc) is 2.81. The van der Waals surface area contributed by atoms with Gasteiger partial charge in [-0.1, -0.05) is 0 Å². The zero-order valence-electron chi connectivity index (χ0n) is 10.9. The molecule has 0 aromatic heterocycles. The molecule has 100 valence electrons. The number of carbonyl (C=O) groups is 1. The first kappa shape index (κ1) is 13.4. The molecule has 19 heavy (non-hydrogen) atoms. The van der Waals surface area contributed by atoms with Crippen molar-refractivity contribution in [1.82, 2.24) is 4.90 Å². The quantitative estimate of drug-likeness (QED) is 0.879. The molecule has 5 heteroatoms. The number of hydrogen-bond acceptors (Lipinski definition) is 4. The Balaban J connectivity index is 2.11. The Hall–Kier alpha value is -2.06. The minimum absolute atomic E-state index is 0.264. The fourth-order valence-corrected chi connectivity index (χ4v) is 2.29. The van der Waals surface area contributed by atoms with E-state index in [1.54, 1.807) is 12.1 Å². The number of amides is 1. The summed E-state index contributed by atoms with van der Waals surface area (Å²) < 4.78 is 5.70. The van der Waals surface area contributed by atoms with E-state index in [2.05, 4.69) is 11.9 Å². The lowest BCUT2D eigenvalue weighted by atomic mass is 10.1. The summed E-state index contributed by atoms with van der Waals surface area (Å²) in [6.45, 7) is 1.60. The van der Waals surface area contributed by atoms with Gasteiger partial charge in [-0.25, -0.2) is 0 Å². The van der Waals surface area contributed by atoms with Crippen LogP contribution in [0.5, 0.6) is 5.75 Å². The molecule has 1 aromatic carbocycles. The van der Waals surface area contributed by atoms with E-state index < -0.39 is 5.91 Å². The van der Waals surface area contributed by atoms with E-state index in [-0.39, 0.29) is 5.56 Å². The number of carbonyl (C=O) groups excluding carboxylic acids is 1. The van der Waals surface area contributed by atoms with E-state index in [0.29, 0.717) is 24.0 Å². The van der Waals surface area contributed by atoms with Gasteiger partial charge >= 0.3 is 0 Å². The smallest absolute Gasteiger partial charge is 0.252 e. The minimum Gasteiger partial charge on any atom is -0.491 e. The van der Waals surface area contributed by atoms with Crippen LogP contribution in [-0.4, -0.2) is 37.0 Å². The van der Waals surface area contributed by atoms with Crippen molar-refractivity contribution in [3.8, 4) is 11.8 Å². The van der Waals surface area contributed by atoms with Gasteiger partial charge < -0.3 is 15.4 Å². The molecule has 1 atom stereocenters. The molecule has 0 radical (unpaired) electrons. The van der Waals surface area contributed by atoms with Crippen molar-refractivity contribution in [3.63, 3.8) is 0 Å². The highest BCUT2D eigenvalue weighted by molar-refractivity contribution is 5.96. The van der Waals surface area contributed by atoms with Crippen molar-refractivity contribution in [2.24, 2.45) is 5.73 Å². The van der Waals surface area contributed by atoms with Gasteiger partial charge in [0.05, 0.1) is 17.2 Å². The summed E-state index contributed by atoms with van der Waals surface area (Å²) in [5.41, 5.74) is 5.98. The van der Waals surface area contributed by atoms with Gasteiger partial charge in [-0.15, -0.1) is 0 Å². The highest BCUT2D eigenvalue weighted by Gasteiger charge is 2.22. The molecule has 1 saturated heterocycles. The van der Waals surface area contributed by atoms with Crippen LogP contribution in [0.3, 0.4) is 0 Å².